The molecule has 1 fully saturated rings. The maximum Gasteiger partial charge on any atom is 0.0468 e. The van der Waals surface area contributed by atoms with E-state index >= 15 is 0 Å². The number of fused-ring (bicyclic) bond motifs is 1. The van der Waals surface area contributed by atoms with Crippen LogP contribution in [-0.2, 0) is 0 Å². The van der Waals surface area contributed by atoms with Crippen molar-refractivity contribution >= 4 is 6.21 Å². The van der Waals surface area contributed by atoms with Crippen molar-refractivity contribution in [2.75, 3.05) is 19.6 Å². The number of dihydropyridines is 1. The maximum atomic E-state index is 5.63. The summed E-state index contributed by atoms with van der Waals surface area (Å²) in [7, 11) is 0. The van der Waals surface area contributed by atoms with E-state index in [1.54, 1.807) is 0 Å². The molecule has 2 N–H and O–H groups in total. The van der Waals surface area contributed by atoms with Crippen molar-refractivity contribution in [2.45, 2.75) is 0 Å². The van der Waals surface area contributed by atoms with Crippen LogP contribution in [0.1, 0.15) is 0 Å². The summed E-state index contributed by atoms with van der Waals surface area (Å²) in [5, 5.41) is 1.85. The van der Waals surface area contributed by atoms with Gasteiger partial charge < -0.3 is 0 Å². The highest BCUT2D eigenvalue weighted by atomic mass is 15.4. The van der Waals surface area contributed by atoms with Gasteiger partial charge in [-0.15, -0.1) is 0 Å². The Labute approximate surface area is 60.2 Å². The first-order valence-electron chi connectivity index (χ1n) is 3.55. The number of hydrazine groups is 1. The van der Waals surface area contributed by atoms with Crippen LogP contribution in [0.15, 0.2) is 16.6 Å². The fourth-order valence-corrected chi connectivity index (χ4v) is 1.53. The lowest BCUT2D eigenvalue weighted by Crippen LogP contribution is -2.28. The van der Waals surface area contributed by atoms with Gasteiger partial charge in [-0.1, -0.05) is 0 Å². The van der Waals surface area contributed by atoms with Crippen LogP contribution >= 0.6 is 0 Å². The van der Waals surface area contributed by atoms with Crippen molar-refractivity contribution in [2.24, 2.45) is 16.8 Å². The molecule has 10 heavy (non-hydrogen) atoms. The van der Waals surface area contributed by atoms with E-state index in [-0.39, 0.29) is 0 Å². The maximum absolute atomic E-state index is 5.63. The van der Waals surface area contributed by atoms with Gasteiger partial charge in [0.2, 0.25) is 0 Å². The second-order valence-corrected chi connectivity index (χ2v) is 2.88. The normalized spacial score (nSPS) is 32.1. The van der Waals surface area contributed by atoms with Crippen molar-refractivity contribution in [1.29, 1.82) is 0 Å². The van der Waals surface area contributed by atoms with Gasteiger partial charge in [-0.3, -0.25) is 10.8 Å². The summed E-state index contributed by atoms with van der Waals surface area (Å²) in [5.41, 5.74) is 1.44. The molecule has 1 atom stereocenters. The standard InChI is InChI=1S/C7H11N3/c8-10-4-6-1-2-9-3-7(6)5-10/h1-2,7H,3-5,8H2. The van der Waals surface area contributed by atoms with Crippen LogP contribution in [0.2, 0.25) is 0 Å². The Kier molecular flexibility index (Phi) is 1.32. The summed E-state index contributed by atoms with van der Waals surface area (Å²) in [5.74, 6) is 6.24. The van der Waals surface area contributed by atoms with Crippen LogP contribution in [0.25, 0.3) is 0 Å². The van der Waals surface area contributed by atoms with E-state index in [0.29, 0.717) is 5.92 Å². The van der Waals surface area contributed by atoms with E-state index in [9.17, 15) is 0 Å². The summed E-state index contributed by atoms with van der Waals surface area (Å²) in [6.07, 6.45) is 3.96. The van der Waals surface area contributed by atoms with Gasteiger partial charge >= 0.3 is 0 Å². The lowest BCUT2D eigenvalue weighted by molar-refractivity contribution is 0.341. The summed E-state index contributed by atoms with van der Waals surface area (Å²) >= 11 is 0. The number of hydrogen-bond donors (Lipinski definition) is 1. The molecule has 0 saturated carbocycles. The fraction of sp³-hybridized carbons (Fsp3) is 0.571. The van der Waals surface area contributed by atoms with E-state index in [0.717, 1.165) is 19.6 Å². The molecule has 2 aliphatic rings. The highest BCUT2D eigenvalue weighted by molar-refractivity contribution is 5.73. The molecular formula is C7H11N3. The monoisotopic (exact) mass is 137 g/mol. The molecule has 0 aromatic carbocycles. The van der Waals surface area contributed by atoms with Gasteiger partial charge in [-0.2, -0.15) is 0 Å². The number of nitrogens with zero attached hydrogens (tertiary/aromatic N) is 2. The number of allylic oxidation sites excluding steroid dienone is 1. The van der Waals surface area contributed by atoms with Crippen LogP contribution in [0.4, 0.5) is 0 Å². The van der Waals surface area contributed by atoms with Crippen LogP contribution < -0.4 is 5.84 Å². The van der Waals surface area contributed by atoms with Gasteiger partial charge in [0, 0.05) is 31.8 Å². The molecule has 2 heterocycles. The second kappa shape index (κ2) is 2.18. The summed E-state index contributed by atoms with van der Waals surface area (Å²) in [4.78, 5) is 4.17. The minimum absolute atomic E-state index is 0.606. The molecule has 0 radical (unpaired) electrons. The van der Waals surface area contributed by atoms with E-state index in [1.165, 1.54) is 5.57 Å². The van der Waals surface area contributed by atoms with Gasteiger partial charge in [0.1, 0.15) is 0 Å². The molecule has 3 heteroatoms. The van der Waals surface area contributed by atoms with Gasteiger partial charge in [0.05, 0.1) is 0 Å². The molecule has 0 aromatic heterocycles. The minimum Gasteiger partial charge on any atom is -0.293 e. The Balaban J connectivity index is 2.18. The molecule has 0 spiro atoms. The summed E-state index contributed by atoms with van der Waals surface area (Å²) < 4.78 is 0. The molecule has 0 amide bonds. The molecule has 54 valence electrons. The quantitative estimate of drug-likeness (QED) is 0.470. The highest BCUT2D eigenvalue weighted by Gasteiger charge is 2.25. The fourth-order valence-electron chi connectivity index (χ4n) is 1.53. The first-order valence-corrected chi connectivity index (χ1v) is 3.55. The van der Waals surface area contributed by atoms with Gasteiger partial charge in [0.25, 0.3) is 0 Å². The van der Waals surface area contributed by atoms with Crippen molar-refractivity contribution in [3.8, 4) is 0 Å². The zero-order chi connectivity index (χ0) is 6.97. The van der Waals surface area contributed by atoms with Crippen LogP contribution in [0.5, 0.6) is 0 Å². The number of aliphatic imine (C=N–C) groups is 1. The third-order valence-corrected chi connectivity index (χ3v) is 2.08. The molecule has 1 unspecified atom stereocenters. The molecule has 0 bridgehead atoms. The van der Waals surface area contributed by atoms with Gasteiger partial charge in [-0.05, 0) is 11.6 Å². The van der Waals surface area contributed by atoms with Crippen LogP contribution in [0, 0.1) is 5.92 Å². The largest absolute Gasteiger partial charge is 0.293 e. The van der Waals surface area contributed by atoms with Crippen molar-refractivity contribution < 1.29 is 0 Å². The van der Waals surface area contributed by atoms with E-state index < -0.39 is 0 Å². The first kappa shape index (κ1) is 6.07. The molecule has 0 aromatic rings. The third kappa shape index (κ3) is 0.874. The molecule has 2 rings (SSSR count). The SMILES string of the molecule is NN1CC2=CC=NCC2C1. The second-order valence-electron chi connectivity index (χ2n) is 2.88. The van der Waals surface area contributed by atoms with E-state index in [2.05, 4.69) is 11.1 Å². The van der Waals surface area contributed by atoms with Crippen LogP contribution in [-0.4, -0.2) is 30.9 Å². The molecular weight excluding hydrogens is 126 g/mol. The zero-order valence-corrected chi connectivity index (χ0v) is 5.83. The number of nitrogens with two attached hydrogens (primary N) is 1. The minimum atomic E-state index is 0.606. The zero-order valence-electron chi connectivity index (χ0n) is 5.83. The number of hydrogen-bond acceptors (Lipinski definition) is 3. The predicted octanol–water partition coefficient (Wildman–Crippen LogP) is -0.197. The van der Waals surface area contributed by atoms with E-state index in [1.807, 2.05) is 11.2 Å². The Hall–Kier alpha value is -0.670. The van der Waals surface area contributed by atoms with Gasteiger partial charge in [-0.25, -0.2) is 5.01 Å². The molecule has 3 nitrogen and oxygen atoms in total. The molecule has 0 aliphatic carbocycles. The Morgan fingerprint density at radius 2 is 2.60 bits per heavy atom. The molecule has 2 aliphatic heterocycles. The van der Waals surface area contributed by atoms with Crippen LogP contribution in [0.3, 0.4) is 0 Å². The van der Waals surface area contributed by atoms with Crippen molar-refractivity contribution in [3.05, 3.63) is 11.6 Å². The summed E-state index contributed by atoms with van der Waals surface area (Å²) in [6.45, 7) is 2.83. The van der Waals surface area contributed by atoms with Crippen molar-refractivity contribution in [3.63, 3.8) is 0 Å². The Bertz CT molecular complexity index is 195. The van der Waals surface area contributed by atoms with Crippen molar-refractivity contribution in [1.82, 2.24) is 5.01 Å². The highest BCUT2D eigenvalue weighted by Crippen LogP contribution is 2.21. The molecule has 1 saturated heterocycles. The van der Waals surface area contributed by atoms with Gasteiger partial charge in [0.15, 0.2) is 0 Å². The predicted molar refractivity (Wildman–Crippen MR) is 40.7 cm³/mol. The lowest BCUT2D eigenvalue weighted by Gasteiger charge is -2.09. The summed E-state index contributed by atoms with van der Waals surface area (Å²) in [6, 6.07) is 0. The third-order valence-electron chi connectivity index (χ3n) is 2.08. The average molecular weight is 137 g/mol. The topological polar surface area (TPSA) is 41.6 Å². The number of rotatable bonds is 0. The Morgan fingerprint density at radius 1 is 1.70 bits per heavy atom. The Morgan fingerprint density at radius 3 is 3.40 bits per heavy atom. The smallest absolute Gasteiger partial charge is 0.0468 e. The lowest BCUT2D eigenvalue weighted by atomic mass is 10.0. The average Bonchev–Trinajstić information content (AvgIpc) is 2.27. The first-order chi connectivity index (χ1) is 4.86. The van der Waals surface area contributed by atoms with E-state index in [4.69, 9.17) is 5.84 Å².